The van der Waals surface area contributed by atoms with Crippen molar-refractivity contribution in [3.8, 4) is 0 Å². The molecule has 1 rings (SSSR count). The summed E-state index contributed by atoms with van der Waals surface area (Å²) in [6, 6.07) is 2.22. The maximum atomic E-state index is 6.16. The molecule has 0 aromatic carbocycles. The number of likely N-dealkylation sites (N-methyl/N-ethyl adjacent to an activating group) is 1. The first kappa shape index (κ1) is 15.4. The predicted molar refractivity (Wildman–Crippen MR) is 76.1 cm³/mol. The average molecular weight is 271 g/mol. The highest BCUT2D eigenvalue weighted by Crippen LogP contribution is 2.20. The lowest BCUT2D eigenvalue weighted by Gasteiger charge is -2.30. The van der Waals surface area contributed by atoms with Gasteiger partial charge in [0.05, 0.1) is 11.1 Å². The van der Waals surface area contributed by atoms with Crippen LogP contribution >= 0.6 is 11.6 Å². The van der Waals surface area contributed by atoms with E-state index in [2.05, 4.69) is 24.1 Å². The van der Waals surface area contributed by atoms with Crippen molar-refractivity contribution in [2.75, 3.05) is 13.7 Å². The summed E-state index contributed by atoms with van der Waals surface area (Å²) in [5.41, 5.74) is 1.11. The summed E-state index contributed by atoms with van der Waals surface area (Å²) in [7, 11) is 1.97. The zero-order valence-corrected chi connectivity index (χ0v) is 12.4. The number of nitrogens with zero attached hydrogens (tertiary/aromatic N) is 1. The van der Waals surface area contributed by atoms with Gasteiger partial charge < -0.3 is 10.1 Å². The standard InChI is InChI=1S/C14H23ClN2O/c1-5-18-14(10(2)3)13(16-4)8-11-6-7-17-9-12(11)15/h6-7,9-10,13-14,16H,5,8H2,1-4H3. The van der Waals surface area contributed by atoms with Gasteiger partial charge in [0, 0.05) is 25.0 Å². The van der Waals surface area contributed by atoms with Crippen LogP contribution in [-0.2, 0) is 11.2 Å². The van der Waals surface area contributed by atoms with Crippen LogP contribution in [0.2, 0.25) is 5.02 Å². The van der Waals surface area contributed by atoms with E-state index in [1.54, 1.807) is 12.4 Å². The number of pyridine rings is 1. The third-order valence-corrected chi connectivity index (χ3v) is 3.42. The van der Waals surface area contributed by atoms with Crippen LogP contribution in [0.25, 0.3) is 0 Å². The zero-order chi connectivity index (χ0) is 13.5. The topological polar surface area (TPSA) is 34.1 Å². The van der Waals surface area contributed by atoms with E-state index in [0.29, 0.717) is 5.92 Å². The first-order chi connectivity index (χ1) is 8.60. The van der Waals surface area contributed by atoms with E-state index in [4.69, 9.17) is 16.3 Å². The van der Waals surface area contributed by atoms with Crippen molar-refractivity contribution in [3.05, 3.63) is 29.0 Å². The molecule has 0 fully saturated rings. The van der Waals surface area contributed by atoms with Gasteiger partial charge in [0.15, 0.2) is 0 Å². The van der Waals surface area contributed by atoms with E-state index in [1.165, 1.54) is 0 Å². The Morgan fingerprint density at radius 2 is 2.17 bits per heavy atom. The Bertz CT molecular complexity index is 357. The van der Waals surface area contributed by atoms with Crippen molar-refractivity contribution in [3.63, 3.8) is 0 Å². The molecule has 4 heteroatoms. The van der Waals surface area contributed by atoms with E-state index < -0.39 is 0 Å². The molecule has 18 heavy (non-hydrogen) atoms. The lowest BCUT2D eigenvalue weighted by molar-refractivity contribution is 0.00535. The number of hydrogen-bond donors (Lipinski definition) is 1. The maximum Gasteiger partial charge on any atom is 0.0753 e. The molecule has 3 nitrogen and oxygen atoms in total. The van der Waals surface area contributed by atoms with E-state index >= 15 is 0 Å². The van der Waals surface area contributed by atoms with Crippen molar-refractivity contribution in [2.24, 2.45) is 5.92 Å². The fourth-order valence-corrected chi connectivity index (χ4v) is 2.35. The molecule has 0 bridgehead atoms. The van der Waals surface area contributed by atoms with E-state index in [9.17, 15) is 0 Å². The van der Waals surface area contributed by atoms with Gasteiger partial charge in [0.1, 0.15) is 0 Å². The molecular formula is C14H23ClN2O. The first-order valence-electron chi connectivity index (χ1n) is 6.47. The average Bonchev–Trinajstić information content (AvgIpc) is 2.35. The maximum absolute atomic E-state index is 6.16. The molecule has 0 saturated carbocycles. The van der Waals surface area contributed by atoms with Crippen molar-refractivity contribution in [1.82, 2.24) is 10.3 Å². The van der Waals surface area contributed by atoms with Crippen LogP contribution in [0.15, 0.2) is 18.5 Å². The molecule has 1 N–H and O–H groups in total. The molecule has 0 spiro atoms. The molecule has 1 aromatic heterocycles. The molecule has 0 aliphatic heterocycles. The second-order valence-corrected chi connectivity index (χ2v) is 5.14. The number of ether oxygens (including phenoxy) is 1. The zero-order valence-electron chi connectivity index (χ0n) is 11.6. The lowest BCUT2D eigenvalue weighted by atomic mass is 9.94. The van der Waals surface area contributed by atoms with Crippen LogP contribution in [0.5, 0.6) is 0 Å². The van der Waals surface area contributed by atoms with Gasteiger partial charge in [-0.05, 0) is 37.9 Å². The Labute approximate surface area is 115 Å². The van der Waals surface area contributed by atoms with Crippen LogP contribution in [-0.4, -0.2) is 30.8 Å². The Balaban J connectivity index is 2.79. The number of aromatic nitrogens is 1. The van der Waals surface area contributed by atoms with E-state index in [-0.39, 0.29) is 12.1 Å². The minimum absolute atomic E-state index is 0.184. The summed E-state index contributed by atoms with van der Waals surface area (Å²) < 4.78 is 5.85. The highest BCUT2D eigenvalue weighted by molar-refractivity contribution is 6.31. The van der Waals surface area contributed by atoms with Crippen molar-refractivity contribution in [1.29, 1.82) is 0 Å². The molecule has 1 aromatic rings. The van der Waals surface area contributed by atoms with Crippen LogP contribution in [0.1, 0.15) is 26.3 Å². The van der Waals surface area contributed by atoms with Gasteiger partial charge in [-0.2, -0.15) is 0 Å². The quantitative estimate of drug-likeness (QED) is 0.827. The summed E-state index contributed by atoms with van der Waals surface area (Å²) in [6.07, 6.45) is 4.50. The molecular weight excluding hydrogens is 248 g/mol. The van der Waals surface area contributed by atoms with Crippen LogP contribution < -0.4 is 5.32 Å². The molecule has 102 valence electrons. The highest BCUT2D eigenvalue weighted by Gasteiger charge is 2.24. The number of halogens is 1. The number of nitrogens with one attached hydrogen (secondary N) is 1. The van der Waals surface area contributed by atoms with Crippen molar-refractivity contribution < 1.29 is 4.74 Å². The minimum atomic E-state index is 0.184. The molecule has 0 amide bonds. The predicted octanol–water partition coefficient (Wildman–Crippen LogP) is 2.93. The summed E-state index contributed by atoms with van der Waals surface area (Å²) in [4.78, 5) is 4.01. The molecule has 0 aliphatic carbocycles. The summed E-state index contributed by atoms with van der Waals surface area (Å²) in [5, 5.41) is 4.06. The van der Waals surface area contributed by atoms with E-state index in [1.807, 2.05) is 20.0 Å². The summed E-state index contributed by atoms with van der Waals surface area (Å²) in [5.74, 6) is 0.461. The van der Waals surface area contributed by atoms with Gasteiger partial charge in [-0.1, -0.05) is 25.4 Å². The molecule has 2 unspecified atom stereocenters. The van der Waals surface area contributed by atoms with Crippen LogP contribution in [0.4, 0.5) is 0 Å². The molecule has 0 saturated heterocycles. The Morgan fingerprint density at radius 1 is 1.44 bits per heavy atom. The van der Waals surface area contributed by atoms with E-state index in [0.717, 1.165) is 23.6 Å². The Morgan fingerprint density at radius 3 is 2.67 bits per heavy atom. The SMILES string of the molecule is CCOC(C(C)C)C(Cc1ccncc1Cl)NC. The second-order valence-electron chi connectivity index (χ2n) is 4.73. The fraction of sp³-hybridized carbons (Fsp3) is 0.643. The summed E-state index contributed by atoms with van der Waals surface area (Å²) >= 11 is 6.16. The lowest BCUT2D eigenvalue weighted by Crippen LogP contribution is -2.44. The highest BCUT2D eigenvalue weighted by atomic mass is 35.5. The largest absolute Gasteiger partial charge is 0.377 e. The second kappa shape index (κ2) is 7.72. The van der Waals surface area contributed by atoms with Crippen LogP contribution in [0, 0.1) is 5.92 Å². The third-order valence-electron chi connectivity index (χ3n) is 3.08. The smallest absolute Gasteiger partial charge is 0.0753 e. The third kappa shape index (κ3) is 4.23. The Kier molecular flexibility index (Phi) is 6.61. The van der Waals surface area contributed by atoms with Crippen molar-refractivity contribution in [2.45, 2.75) is 39.3 Å². The van der Waals surface area contributed by atoms with Crippen LogP contribution in [0.3, 0.4) is 0 Å². The summed E-state index contributed by atoms with van der Waals surface area (Å²) in [6.45, 7) is 7.12. The van der Waals surface area contributed by atoms with Gasteiger partial charge in [0.25, 0.3) is 0 Å². The van der Waals surface area contributed by atoms with Crippen molar-refractivity contribution >= 4 is 11.6 Å². The molecule has 0 aliphatic rings. The van der Waals surface area contributed by atoms with Gasteiger partial charge in [-0.15, -0.1) is 0 Å². The molecule has 1 heterocycles. The Hall–Kier alpha value is -0.640. The van der Waals surface area contributed by atoms with Gasteiger partial charge in [-0.3, -0.25) is 4.98 Å². The van der Waals surface area contributed by atoms with Gasteiger partial charge in [-0.25, -0.2) is 0 Å². The normalized spacial score (nSPS) is 14.8. The molecule has 2 atom stereocenters. The monoisotopic (exact) mass is 270 g/mol. The van der Waals surface area contributed by atoms with Gasteiger partial charge >= 0.3 is 0 Å². The number of hydrogen-bond acceptors (Lipinski definition) is 3. The fourth-order valence-electron chi connectivity index (χ4n) is 2.15. The minimum Gasteiger partial charge on any atom is -0.377 e. The molecule has 0 radical (unpaired) electrons. The first-order valence-corrected chi connectivity index (χ1v) is 6.85. The van der Waals surface area contributed by atoms with Gasteiger partial charge in [0.2, 0.25) is 0 Å². The number of rotatable bonds is 7.